The maximum atomic E-state index is 6.28. The van der Waals surface area contributed by atoms with Crippen LogP contribution in [0.15, 0.2) is 44.0 Å². The summed E-state index contributed by atoms with van der Waals surface area (Å²) in [5.41, 5.74) is 2.57. The van der Waals surface area contributed by atoms with Crippen molar-refractivity contribution >= 4 is 65.7 Å². The molecule has 2 unspecified atom stereocenters. The Hall–Kier alpha value is -0.950. The van der Waals surface area contributed by atoms with E-state index in [0.717, 1.165) is 24.8 Å². The Balaban J connectivity index is 1.70. The van der Waals surface area contributed by atoms with Crippen LogP contribution in [0, 0.1) is 0 Å². The lowest BCUT2D eigenvalue weighted by atomic mass is 9.91. The first-order valence-corrected chi connectivity index (χ1v) is 10.7. The summed E-state index contributed by atoms with van der Waals surface area (Å²) in [5.74, 6) is 2.80. The van der Waals surface area contributed by atoms with E-state index >= 15 is 0 Å². The first kappa shape index (κ1) is 14.2. The molecule has 6 heteroatoms. The van der Waals surface area contributed by atoms with Crippen LogP contribution in [0.1, 0.15) is 10.8 Å². The Morgan fingerprint density at radius 3 is 2.75 bits per heavy atom. The lowest BCUT2D eigenvalue weighted by molar-refractivity contribution is 0.245. The number of hydrogen-bond donors (Lipinski definition) is 0. The van der Waals surface area contributed by atoms with Gasteiger partial charge in [-0.1, -0.05) is 6.07 Å². The van der Waals surface area contributed by atoms with Crippen molar-refractivity contribution < 1.29 is 9.47 Å². The lowest BCUT2D eigenvalue weighted by Crippen LogP contribution is -2.22. The van der Waals surface area contributed by atoms with Crippen molar-refractivity contribution in [2.24, 2.45) is 0 Å². The van der Waals surface area contributed by atoms with Crippen LogP contribution in [-0.2, 0) is 0 Å². The predicted molar refractivity (Wildman–Crippen MR) is 107 cm³/mol. The molecule has 24 heavy (non-hydrogen) atoms. The molecular formula is C18H8Br2O2S2. The van der Waals surface area contributed by atoms with E-state index in [4.69, 9.17) is 9.47 Å². The van der Waals surface area contributed by atoms with Gasteiger partial charge in [0.25, 0.3) is 0 Å². The number of benzene rings is 2. The van der Waals surface area contributed by atoms with Gasteiger partial charge in [0, 0.05) is 22.4 Å². The lowest BCUT2D eigenvalue weighted by Gasteiger charge is -2.30. The van der Waals surface area contributed by atoms with Crippen LogP contribution in [0.3, 0.4) is 0 Å². The molecule has 0 spiro atoms. The molecule has 2 nitrogen and oxygen atoms in total. The summed E-state index contributed by atoms with van der Waals surface area (Å²) in [6, 6.07) is 10.6. The van der Waals surface area contributed by atoms with Crippen molar-refractivity contribution in [2.75, 3.05) is 0 Å². The van der Waals surface area contributed by atoms with Crippen molar-refractivity contribution in [1.29, 1.82) is 0 Å². The Labute approximate surface area is 163 Å². The molecule has 0 radical (unpaired) electrons. The van der Waals surface area contributed by atoms with Gasteiger partial charge >= 0.3 is 0 Å². The second kappa shape index (κ2) is 4.81. The summed E-state index contributed by atoms with van der Waals surface area (Å²) < 4.78 is 14.7. The van der Waals surface area contributed by atoms with Gasteiger partial charge in [0.15, 0.2) is 0 Å². The number of halogens is 2. The SMILES string of the molecule is BrC1=CC2Oc3ccc4c5c(ccc(c35)C2S1)Oc1cc(Br)sc1-4. The molecule has 3 aliphatic heterocycles. The van der Waals surface area contributed by atoms with Crippen LogP contribution >= 0.6 is 55.0 Å². The summed E-state index contributed by atoms with van der Waals surface area (Å²) in [4.78, 5) is 1.18. The summed E-state index contributed by atoms with van der Waals surface area (Å²) in [7, 11) is 0. The molecule has 3 aromatic rings. The Bertz CT molecular complexity index is 1090. The Morgan fingerprint density at radius 2 is 1.83 bits per heavy atom. The van der Waals surface area contributed by atoms with Gasteiger partial charge in [-0.3, -0.25) is 0 Å². The highest BCUT2D eigenvalue weighted by Gasteiger charge is 2.38. The average molecular weight is 480 g/mol. The molecule has 0 saturated heterocycles. The summed E-state index contributed by atoms with van der Waals surface area (Å²) >= 11 is 10.7. The van der Waals surface area contributed by atoms with Crippen molar-refractivity contribution in [3.8, 4) is 27.7 Å². The number of thioether (sulfide) groups is 1. The van der Waals surface area contributed by atoms with Crippen LogP contribution in [0.4, 0.5) is 0 Å². The first-order chi connectivity index (χ1) is 11.7. The minimum Gasteiger partial charge on any atom is -0.484 e. The first-order valence-electron chi connectivity index (χ1n) is 7.47. The van der Waals surface area contributed by atoms with E-state index in [9.17, 15) is 0 Å². The molecule has 2 atom stereocenters. The highest BCUT2D eigenvalue weighted by molar-refractivity contribution is 9.14. The zero-order chi connectivity index (χ0) is 16.0. The van der Waals surface area contributed by atoms with E-state index in [1.165, 1.54) is 26.8 Å². The minimum atomic E-state index is 0.0899. The van der Waals surface area contributed by atoms with Crippen molar-refractivity contribution in [3.63, 3.8) is 0 Å². The Morgan fingerprint density at radius 1 is 0.958 bits per heavy atom. The van der Waals surface area contributed by atoms with E-state index in [1.807, 2.05) is 17.8 Å². The van der Waals surface area contributed by atoms with E-state index in [1.54, 1.807) is 11.3 Å². The second-order valence-corrected chi connectivity index (χ2v) is 10.9. The van der Waals surface area contributed by atoms with Crippen LogP contribution < -0.4 is 9.47 Å². The summed E-state index contributed by atoms with van der Waals surface area (Å²) in [5, 5.41) is 2.67. The van der Waals surface area contributed by atoms with Gasteiger partial charge in [-0.2, -0.15) is 0 Å². The normalized spacial score (nSPS) is 22.5. The molecule has 0 N–H and O–H groups in total. The van der Waals surface area contributed by atoms with Gasteiger partial charge in [-0.15, -0.1) is 23.1 Å². The van der Waals surface area contributed by atoms with Gasteiger partial charge in [0.2, 0.25) is 0 Å². The highest BCUT2D eigenvalue weighted by Crippen LogP contribution is 2.58. The number of fused-ring (bicyclic) bond motifs is 4. The summed E-state index contributed by atoms with van der Waals surface area (Å²) in [6.07, 6.45) is 2.25. The monoisotopic (exact) mass is 478 g/mol. The standard InChI is InChI=1S/C18H8Br2O2S2/c19-13-5-11-17(23-13)7-1-3-9-16-8(2-4-10(22-11)15(7)16)18-12(21-9)6-14(20)24-18/h1-6,11,17H. The second-order valence-electron chi connectivity index (χ2n) is 5.95. The third-order valence-electron chi connectivity index (χ3n) is 4.65. The number of ether oxygens (including phenoxy) is 2. The molecule has 0 saturated carbocycles. The van der Waals surface area contributed by atoms with Crippen molar-refractivity contribution in [3.05, 3.63) is 49.6 Å². The van der Waals surface area contributed by atoms with E-state index < -0.39 is 0 Å². The molecule has 0 aliphatic carbocycles. The van der Waals surface area contributed by atoms with E-state index in [2.05, 4.69) is 62.2 Å². The van der Waals surface area contributed by atoms with Crippen molar-refractivity contribution in [2.45, 2.75) is 11.4 Å². The van der Waals surface area contributed by atoms with Crippen molar-refractivity contribution in [1.82, 2.24) is 0 Å². The zero-order valence-corrected chi connectivity index (χ0v) is 16.8. The maximum Gasteiger partial charge on any atom is 0.147 e. The van der Waals surface area contributed by atoms with Gasteiger partial charge in [-0.05, 0) is 61.7 Å². The third-order valence-corrected chi connectivity index (χ3v) is 8.27. The van der Waals surface area contributed by atoms with Gasteiger partial charge in [-0.25, -0.2) is 0 Å². The van der Waals surface area contributed by atoms with Gasteiger partial charge in [0.05, 0.1) is 17.7 Å². The van der Waals surface area contributed by atoms with E-state index in [0.29, 0.717) is 5.25 Å². The number of rotatable bonds is 0. The topological polar surface area (TPSA) is 18.5 Å². The number of thiophene rings is 1. The molecule has 3 aliphatic rings. The quantitative estimate of drug-likeness (QED) is 0.265. The highest BCUT2D eigenvalue weighted by atomic mass is 79.9. The largest absolute Gasteiger partial charge is 0.484 e. The van der Waals surface area contributed by atoms with E-state index in [-0.39, 0.29) is 6.10 Å². The molecule has 0 amide bonds. The average Bonchev–Trinajstić information content (AvgIpc) is 3.12. The zero-order valence-electron chi connectivity index (χ0n) is 12.0. The summed E-state index contributed by atoms with van der Waals surface area (Å²) in [6.45, 7) is 0. The Kier molecular flexibility index (Phi) is 2.86. The smallest absolute Gasteiger partial charge is 0.147 e. The maximum absolute atomic E-state index is 6.28. The molecule has 2 aromatic carbocycles. The fraction of sp³-hybridized carbons (Fsp3) is 0.111. The third kappa shape index (κ3) is 1.77. The minimum absolute atomic E-state index is 0.0899. The van der Waals surface area contributed by atoms with Crippen LogP contribution in [0.5, 0.6) is 17.2 Å². The molecule has 0 fully saturated rings. The molecule has 4 heterocycles. The molecule has 118 valence electrons. The predicted octanol–water partition coefficient (Wildman–Crippen LogP) is 7.22. The molecule has 6 rings (SSSR count). The van der Waals surface area contributed by atoms with Crippen LogP contribution in [0.2, 0.25) is 0 Å². The molecular weight excluding hydrogens is 472 g/mol. The fourth-order valence-electron chi connectivity index (χ4n) is 3.72. The number of hydrogen-bond acceptors (Lipinski definition) is 4. The van der Waals surface area contributed by atoms with Crippen LogP contribution in [-0.4, -0.2) is 6.10 Å². The van der Waals surface area contributed by atoms with Crippen LogP contribution in [0.25, 0.3) is 21.2 Å². The molecule has 1 aromatic heterocycles. The molecule has 0 bridgehead atoms. The van der Waals surface area contributed by atoms with Gasteiger partial charge in [0.1, 0.15) is 23.4 Å². The fourth-order valence-corrected chi connectivity index (χ4v) is 7.17. The van der Waals surface area contributed by atoms with Gasteiger partial charge < -0.3 is 9.47 Å².